The van der Waals surface area contributed by atoms with Crippen molar-refractivity contribution in [3.63, 3.8) is 0 Å². The van der Waals surface area contributed by atoms with Gasteiger partial charge >= 0.3 is 0 Å². The van der Waals surface area contributed by atoms with Gasteiger partial charge in [0.1, 0.15) is 0 Å². The van der Waals surface area contributed by atoms with E-state index in [1.54, 1.807) is 47.3 Å². The standard InChI is InChI=1S/C45H55N9O9.C14H17NO3/c1-2-45(27-52(48)24-33(46)9-15-36(55)12-3-30-6-18-39(58)42(61)21-30,28-53(49)25-34(47)10-16-37(56)13-4-31-7-19-40(59)43(62)22-31)29-54-26-35(50-51-54)11-17-38(57)14-5-32-8-20-41(60)44(63)23-32;1-2-11(15)5-7-12(16)6-3-10-4-8-13(17)14(18)9-10/h3-8,12-14,18-26,58-63H,2,9-11,15-17,27-29,46-49H2,1H3;2-4,6,8-9,17-18H,5,7,15H2,1H3/b12-3+,13-4+,14-5+,33-24-,34-25-;6-3+,11-2-. The van der Waals surface area contributed by atoms with Crippen molar-refractivity contribution in [3.05, 3.63) is 167 Å². The van der Waals surface area contributed by atoms with Gasteiger partial charge in [0.2, 0.25) is 0 Å². The van der Waals surface area contributed by atoms with Gasteiger partial charge in [-0.25, -0.2) is 11.7 Å². The maximum absolute atomic E-state index is 12.6. The van der Waals surface area contributed by atoms with E-state index in [1.165, 1.54) is 113 Å². The minimum atomic E-state index is -0.723. The van der Waals surface area contributed by atoms with Crippen LogP contribution in [-0.2, 0) is 32.1 Å². The first-order valence-electron chi connectivity index (χ1n) is 25.6. The van der Waals surface area contributed by atoms with Crippen LogP contribution in [-0.4, -0.2) is 102 Å². The highest BCUT2D eigenvalue weighted by Gasteiger charge is 2.33. The molecule has 18 N–H and O–H groups in total. The van der Waals surface area contributed by atoms with Gasteiger partial charge in [0.15, 0.2) is 69.1 Å². The van der Waals surface area contributed by atoms with Gasteiger partial charge in [-0.05, 0) is 128 Å². The first-order valence-corrected chi connectivity index (χ1v) is 25.6. The maximum atomic E-state index is 12.6. The number of aromatic nitrogens is 3. The molecule has 1 aromatic heterocycles. The van der Waals surface area contributed by atoms with Crippen molar-refractivity contribution in [1.29, 1.82) is 0 Å². The molecule has 0 spiro atoms. The first-order chi connectivity index (χ1) is 38.4. The Morgan fingerprint density at radius 1 is 0.506 bits per heavy atom. The molecule has 0 amide bonds. The summed E-state index contributed by atoms with van der Waals surface area (Å²) in [7, 11) is 0. The van der Waals surface area contributed by atoms with Gasteiger partial charge in [0.05, 0.1) is 12.2 Å². The lowest BCUT2D eigenvalue weighted by Crippen LogP contribution is -2.49. The van der Waals surface area contributed by atoms with E-state index in [2.05, 4.69) is 10.3 Å². The maximum Gasteiger partial charge on any atom is 0.157 e. The van der Waals surface area contributed by atoms with E-state index in [0.717, 1.165) is 0 Å². The number of carbonyl (C=O) groups is 4. The predicted octanol–water partition coefficient (Wildman–Crippen LogP) is 6.52. The van der Waals surface area contributed by atoms with Crippen LogP contribution in [0.4, 0.5) is 0 Å². The van der Waals surface area contributed by atoms with Crippen molar-refractivity contribution in [3.8, 4) is 46.0 Å². The zero-order valence-corrected chi connectivity index (χ0v) is 45.2. The normalized spacial score (nSPS) is 12.3. The van der Waals surface area contributed by atoms with E-state index in [9.17, 15) is 54.9 Å². The Labute approximate surface area is 469 Å². The van der Waals surface area contributed by atoms with Crippen molar-refractivity contribution in [1.82, 2.24) is 25.0 Å². The van der Waals surface area contributed by atoms with Crippen LogP contribution in [0.25, 0.3) is 24.3 Å². The summed E-state index contributed by atoms with van der Waals surface area (Å²) in [6.45, 7) is 4.45. The van der Waals surface area contributed by atoms with Crippen LogP contribution >= 0.6 is 0 Å². The Kier molecular flexibility index (Phi) is 24.8. The summed E-state index contributed by atoms with van der Waals surface area (Å²) in [5, 5.41) is 87.5. The Balaban J connectivity index is 0.000000664. The summed E-state index contributed by atoms with van der Waals surface area (Å²) in [5.74, 6) is 10.3. The minimum Gasteiger partial charge on any atom is -0.504 e. The molecule has 0 aliphatic carbocycles. The number of rotatable bonds is 29. The number of phenols is 8. The number of carbonyl (C=O) groups excluding carboxylic acids is 4. The number of nitrogens with zero attached hydrogens (tertiary/aromatic N) is 5. The Morgan fingerprint density at radius 2 is 0.840 bits per heavy atom. The van der Waals surface area contributed by atoms with Crippen molar-refractivity contribution in [2.45, 2.75) is 78.2 Å². The quantitative estimate of drug-likeness (QED) is 0.0105. The van der Waals surface area contributed by atoms with Crippen LogP contribution in [0.2, 0.25) is 0 Å². The van der Waals surface area contributed by atoms with Gasteiger partial charge in [-0.1, -0.05) is 66.8 Å². The molecule has 430 valence electrons. The molecule has 5 rings (SSSR count). The summed E-state index contributed by atoms with van der Waals surface area (Å²) in [5.41, 5.74) is 21.7. The third kappa shape index (κ3) is 23.0. The van der Waals surface area contributed by atoms with Gasteiger partial charge in [-0.2, -0.15) is 0 Å². The van der Waals surface area contributed by atoms with Gasteiger partial charge in [0, 0.05) is 86.3 Å². The highest BCUT2D eigenvalue weighted by atomic mass is 16.3. The SMILES string of the molecule is C/C=C(\N)CCC(=O)/C=C/c1ccc(O)c(O)c1.CCC(CN(N)/C=C(\N)CCC(=O)/C=C/c1ccc(O)c(O)c1)(CN(N)/C=C(\N)CCC(=O)/C=C/c1ccc(O)c(O)c1)Cn1cc(CCC(=O)/C=C/c2ccc(O)c(O)c2)nn1. The average Bonchev–Trinajstić information content (AvgIpc) is 3.92. The fraction of sp³-hybridized carbons (Fsp3) is 0.254. The number of hydrogen-bond acceptors (Lipinski definition) is 21. The molecule has 0 fully saturated rings. The number of benzene rings is 4. The van der Waals surface area contributed by atoms with Crippen molar-refractivity contribution in [2.24, 2.45) is 34.3 Å². The molecule has 22 heteroatoms. The largest absolute Gasteiger partial charge is 0.504 e. The molecule has 4 aromatic carbocycles. The lowest BCUT2D eigenvalue weighted by atomic mass is 9.84. The Morgan fingerprint density at radius 3 is 1.16 bits per heavy atom. The predicted molar refractivity (Wildman–Crippen MR) is 308 cm³/mol. The molecule has 0 aliphatic heterocycles. The number of aryl methyl sites for hydroxylation is 1. The first kappa shape index (κ1) is 63.7. The molecular weight excluding hydrogens is 1040 g/mol. The van der Waals surface area contributed by atoms with Crippen LogP contribution < -0.4 is 28.9 Å². The van der Waals surface area contributed by atoms with Crippen LogP contribution in [0, 0.1) is 5.41 Å². The van der Waals surface area contributed by atoms with Gasteiger partial charge in [-0.15, -0.1) is 5.10 Å². The summed E-state index contributed by atoms with van der Waals surface area (Å²) < 4.78 is 1.64. The second kappa shape index (κ2) is 31.6. The number of phenolic OH excluding ortho intramolecular Hbond substituents is 8. The summed E-state index contributed by atoms with van der Waals surface area (Å²) in [6, 6.07) is 17.0. The topological polar surface area (TPSA) is 397 Å². The number of hydrazine groups is 2. The molecule has 0 unspecified atom stereocenters. The number of hydrogen-bond donors (Lipinski definition) is 13. The lowest BCUT2D eigenvalue weighted by molar-refractivity contribution is -0.115. The van der Waals surface area contributed by atoms with Crippen LogP contribution in [0.3, 0.4) is 0 Å². The van der Waals surface area contributed by atoms with E-state index in [1.807, 2.05) is 13.8 Å². The van der Waals surface area contributed by atoms with Crippen LogP contribution in [0.1, 0.15) is 93.2 Å². The number of ketones is 4. The highest BCUT2D eigenvalue weighted by molar-refractivity contribution is 5.95. The fourth-order valence-electron chi connectivity index (χ4n) is 7.65. The molecule has 5 aromatic rings. The Bertz CT molecular complexity index is 3090. The second-order valence-electron chi connectivity index (χ2n) is 19.1. The third-order valence-corrected chi connectivity index (χ3v) is 12.4. The molecule has 0 bridgehead atoms. The van der Waals surface area contributed by atoms with E-state index in [-0.39, 0.29) is 121 Å². The molecule has 0 radical (unpaired) electrons. The fourth-order valence-corrected chi connectivity index (χ4v) is 7.65. The molecule has 0 atom stereocenters. The van der Waals surface area contributed by atoms with Gasteiger partial charge < -0.3 is 68.1 Å². The number of aromatic hydroxyl groups is 8. The van der Waals surface area contributed by atoms with E-state index >= 15 is 0 Å². The van der Waals surface area contributed by atoms with Crippen molar-refractivity contribution < 1.29 is 60.0 Å². The van der Waals surface area contributed by atoms with E-state index in [4.69, 9.17) is 34.0 Å². The zero-order valence-electron chi connectivity index (χ0n) is 45.2. The van der Waals surface area contributed by atoms with E-state index < -0.39 is 5.41 Å². The lowest BCUT2D eigenvalue weighted by Gasteiger charge is -2.38. The van der Waals surface area contributed by atoms with Crippen LogP contribution in [0.5, 0.6) is 46.0 Å². The molecule has 81 heavy (non-hydrogen) atoms. The number of nitrogens with two attached hydrogens (primary N) is 5. The summed E-state index contributed by atoms with van der Waals surface area (Å²) in [6.07, 6.45) is 20.7. The van der Waals surface area contributed by atoms with Gasteiger partial charge in [-0.3, -0.25) is 23.9 Å². The molecule has 0 saturated carbocycles. The summed E-state index contributed by atoms with van der Waals surface area (Å²) in [4.78, 5) is 49.3. The van der Waals surface area contributed by atoms with Crippen molar-refractivity contribution in [2.75, 3.05) is 13.1 Å². The molecule has 0 aliphatic rings. The van der Waals surface area contributed by atoms with Crippen LogP contribution in [0.15, 0.2) is 139 Å². The molecule has 22 nitrogen and oxygen atoms in total. The third-order valence-electron chi connectivity index (χ3n) is 12.4. The van der Waals surface area contributed by atoms with Crippen molar-refractivity contribution >= 4 is 47.4 Å². The van der Waals surface area contributed by atoms with E-state index in [0.29, 0.717) is 70.7 Å². The monoisotopic (exact) mass is 1110 g/mol. The highest BCUT2D eigenvalue weighted by Crippen LogP contribution is 2.30. The molecule has 1 heterocycles. The minimum absolute atomic E-state index is 0.0348. The second-order valence-corrected chi connectivity index (χ2v) is 19.1. The summed E-state index contributed by atoms with van der Waals surface area (Å²) >= 11 is 0. The smallest absolute Gasteiger partial charge is 0.157 e. The Hall–Kier alpha value is -9.80. The van der Waals surface area contributed by atoms with Gasteiger partial charge in [0.25, 0.3) is 0 Å². The average molecular weight is 1110 g/mol. The zero-order chi connectivity index (χ0) is 59.6. The molecule has 0 saturated heterocycles. The number of allylic oxidation sites excluding steroid dienone is 8. The molecular formula is C59H72N10O12.